The SMILES string of the molecule is O=C(N[C@@H]1CCN(C(=O)c2ccc(Cl)s2)C[C@H]1O)c1ccncc1. The molecule has 2 aromatic rings. The van der Waals surface area contributed by atoms with Gasteiger partial charge in [0.15, 0.2) is 0 Å². The normalized spacial score (nSPS) is 20.7. The molecule has 3 rings (SSSR count). The average molecular weight is 366 g/mol. The molecule has 0 saturated carbocycles. The number of nitrogens with one attached hydrogen (secondary N) is 1. The summed E-state index contributed by atoms with van der Waals surface area (Å²) in [6.45, 7) is 0.641. The molecule has 6 nitrogen and oxygen atoms in total. The number of hydrogen-bond acceptors (Lipinski definition) is 5. The zero-order chi connectivity index (χ0) is 17.1. The number of aliphatic hydroxyl groups excluding tert-OH is 1. The van der Waals surface area contributed by atoms with E-state index in [1.807, 2.05) is 0 Å². The van der Waals surface area contributed by atoms with Crippen molar-refractivity contribution >= 4 is 34.8 Å². The molecule has 0 unspecified atom stereocenters. The Hall–Kier alpha value is -1.96. The molecule has 8 heteroatoms. The van der Waals surface area contributed by atoms with E-state index in [-0.39, 0.29) is 24.4 Å². The number of β-amino-alcohol motifs (C(OH)–C–C–N with tert-alkyl or cyclic N) is 1. The van der Waals surface area contributed by atoms with Crippen LogP contribution in [-0.4, -0.2) is 52.0 Å². The van der Waals surface area contributed by atoms with Gasteiger partial charge in [-0.15, -0.1) is 11.3 Å². The molecular formula is C16H16ClN3O3S. The maximum absolute atomic E-state index is 12.4. The molecule has 0 aromatic carbocycles. The van der Waals surface area contributed by atoms with Gasteiger partial charge in [0.2, 0.25) is 0 Å². The Morgan fingerprint density at radius 2 is 2.04 bits per heavy atom. The number of carbonyl (C=O) groups is 2. The van der Waals surface area contributed by atoms with Crippen molar-refractivity contribution < 1.29 is 14.7 Å². The Morgan fingerprint density at radius 3 is 2.67 bits per heavy atom. The topological polar surface area (TPSA) is 82.5 Å². The van der Waals surface area contributed by atoms with E-state index in [0.717, 1.165) is 0 Å². The summed E-state index contributed by atoms with van der Waals surface area (Å²) < 4.78 is 0.554. The van der Waals surface area contributed by atoms with E-state index in [2.05, 4.69) is 10.3 Å². The Bertz CT molecular complexity index is 737. The molecule has 2 amide bonds. The number of hydrogen-bond donors (Lipinski definition) is 2. The van der Waals surface area contributed by atoms with Crippen molar-refractivity contribution in [3.8, 4) is 0 Å². The number of amides is 2. The average Bonchev–Trinajstić information content (AvgIpc) is 3.03. The third-order valence-electron chi connectivity index (χ3n) is 3.91. The van der Waals surface area contributed by atoms with Gasteiger partial charge in [-0.2, -0.15) is 0 Å². The molecule has 0 spiro atoms. The number of halogens is 1. The number of aromatic nitrogens is 1. The van der Waals surface area contributed by atoms with Gasteiger partial charge in [-0.1, -0.05) is 11.6 Å². The first kappa shape index (κ1) is 16.9. The maximum Gasteiger partial charge on any atom is 0.264 e. The third kappa shape index (κ3) is 3.75. The molecule has 1 saturated heterocycles. The first-order valence-electron chi connectivity index (χ1n) is 7.48. The van der Waals surface area contributed by atoms with Crippen molar-refractivity contribution in [2.75, 3.05) is 13.1 Å². The lowest BCUT2D eigenvalue weighted by Crippen LogP contribution is -2.55. The summed E-state index contributed by atoms with van der Waals surface area (Å²) in [6.07, 6.45) is 2.75. The second-order valence-corrected chi connectivity index (χ2v) is 7.24. The van der Waals surface area contributed by atoms with Gasteiger partial charge in [-0.3, -0.25) is 14.6 Å². The summed E-state index contributed by atoms with van der Waals surface area (Å²) in [6, 6.07) is 6.19. The second kappa shape index (κ2) is 7.29. The number of aliphatic hydroxyl groups is 1. The summed E-state index contributed by atoms with van der Waals surface area (Å²) in [5, 5.41) is 13.1. The van der Waals surface area contributed by atoms with Crippen molar-refractivity contribution in [3.63, 3.8) is 0 Å². The first-order valence-corrected chi connectivity index (χ1v) is 8.67. The monoisotopic (exact) mass is 365 g/mol. The molecule has 2 N–H and O–H groups in total. The van der Waals surface area contributed by atoms with Crippen molar-refractivity contribution in [1.82, 2.24) is 15.2 Å². The minimum absolute atomic E-state index is 0.148. The van der Waals surface area contributed by atoms with E-state index in [9.17, 15) is 14.7 Å². The fraction of sp³-hybridized carbons (Fsp3) is 0.312. The molecule has 126 valence electrons. The van der Waals surface area contributed by atoms with Crippen LogP contribution in [0.15, 0.2) is 36.7 Å². The lowest BCUT2D eigenvalue weighted by atomic mass is 10.0. The van der Waals surface area contributed by atoms with Crippen molar-refractivity contribution in [2.24, 2.45) is 0 Å². The lowest BCUT2D eigenvalue weighted by Gasteiger charge is -2.36. The minimum atomic E-state index is -0.816. The molecule has 1 fully saturated rings. The number of nitrogens with zero attached hydrogens (tertiary/aromatic N) is 2. The molecule has 0 radical (unpaired) electrons. The fourth-order valence-electron chi connectivity index (χ4n) is 2.62. The van der Waals surface area contributed by atoms with Crippen LogP contribution in [0.5, 0.6) is 0 Å². The van der Waals surface area contributed by atoms with Crippen LogP contribution in [0.1, 0.15) is 26.5 Å². The molecular weight excluding hydrogens is 350 g/mol. The zero-order valence-electron chi connectivity index (χ0n) is 12.7. The molecule has 3 heterocycles. The smallest absolute Gasteiger partial charge is 0.264 e. The van der Waals surface area contributed by atoms with E-state index in [4.69, 9.17) is 11.6 Å². The zero-order valence-corrected chi connectivity index (χ0v) is 14.3. The van der Waals surface area contributed by atoms with E-state index < -0.39 is 6.10 Å². The van der Waals surface area contributed by atoms with E-state index in [1.165, 1.54) is 11.3 Å². The molecule has 1 aliphatic rings. The third-order valence-corrected chi connectivity index (χ3v) is 5.13. The van der Waals surface area contributed by atoms with Crippen LogP contribution in [-0.2, 0) is 0 Å². The highest BCUT2D eigenvalue weighted by molar-refractivity contribution is 7.17. The predicted octanol–water partition coefficient (Wildman–Crippen LogP) is 1.80. The molecule has 2 aromatic heterocycles. The van der Waals surface area contributed by atoms with Gasteiger partial charge in [0.25, 0.3) is 11.8 Å². The summed E-state index contributed by atoms with van der Waals surface area (Å²) in [5.41, 5.74) is 0.490. The summed E-state index contributed by atoms with van der Waals surface area (Å²) >= 11 is 7.07. The Kier molecular flexibility index (Phi) is 5.13. The van der Waals surface area contributed by atoms with Gasteiger partial charge in [0.1, 0.15) is 0 Å². The van der Waals surface area contributed by atoms with Gasteiger partial charge in [0.05, 0.1) is 21.4 Å². The van der Waals surface area contributed by atoms with Crippen LogP contribution in [0.3, 0.4) is 0 Å². The fourth-order valence-corrected chi connectivity index (χ4v) is 3.64. The number of rotatable bonds is 3. The molecule has 0 bridgehead atoms. The highest BCUT2D eigenvalue weighted by Gasteiger charge is 2.32. The van der Waals surface area contributed by atoms with Crippen molar-refractivity contribution in [1.29, 1.82) is 0 Å². The molecule has 1 aliphatic heterocycles. The standard InChI is InChI=1S/C16H16ClN3O3S/c17-14-2-1-13(24-14)16(23)20-8-5-11(12(21)9-20)19-15(22)10-3-6-18-7-4-10/h1-4,6-7,11-12,21H,5,8-9H2,(H,19,22)/t11-,12-/m1/s1. The molecule has 0 aliphatic carbocycles. The van der Waals surface area contributed by atoms with Crippen LogP contribution in [0, 0.1) is 0 Å². The highest BCUT2D eigenvalue weighted by Crippen LogP contribution is 2.24. The number of likely N-dealkylation sites (tertiary alicyclic amines) is 1. The van der Waals surface area contributed by atoms with Crippen molar-refractivity contribution in [3.05, 3.63) is 51.4 Å². The minimum Gasteiger partial charge on any atom is -0.389 e. The summed E-state index contributed by atoms with van der Waals surface area (Å²) in [7, 11) is 0. The quantitative estimate of drug-likeness (QED) is 0.869. The molecule has 24 heavy (non-hydrogen) atoms. The number of thiophene rings is 1. The van der Waals surface area contributed by atoms with Crippen molar-refractivity contribution in [2.45, 2.75) is 18.6 Å². The van der Waals surface area contributed by atoms with Crippen LogP contribution in [0.2, 0.25) is 4.34 Å². The van der Waals surface area contributed by atoms with Gasteiger partial charge >= 0.3 is 0 Å². The Balaban J connectivity index is 1.59. The van der Waals surface area contributed by atoms with Crippen LogP contribution in [0.4, 0.5) is 0 Å². The number of piperidine rings is 1. The number of pyridine rings is 1. The lowest BCUT2D eigenvalue weighted by molar-refractivity contribution is 0.0317. The van der Waals surface area contributed by atoms with E-state index >= 15 is 0 Å². The summed E-state index contributed by atoms with van der Waals surface area (Å²) in [5.74, 6) is -0.406. The predicted molar refractivity (Wildman–Crippen MR) is 91.3 cm³/mol. The van der Waals surface area contributed by atoms with Gasteiger partial charge in [-0.05, 0) is 30.7 Å². The van der Waals surface area contributed by atoms with Crippen LogP contribution < -0.4 is 5.32 Å². The largest absolute Gasteiger partial charge is 0.389 e. The van der Waals surface area contributed by atoms with Crippen LogP contribution in [0.25, 0.3) is 0 Å². The molecule has 2 atom stereocenters. The Morgan fingerprint density at radius 1 is 1.29 bits per heavy atom. The number of carbonyl (C=O) groups excluding carboxylic acids is 2. The first-order chi connectivity index (χ1) is 11.5. The maximum atomic E-state index is 12.4. The van der Waals surface area contributed by atoms with E-state index in [0.29, 0.717) is 27.7 Å². The van der Waals surface area contributed by atoms with Gasteiger partial charge in [-0.25, -0.2) is 0 Å². The highest BCUT2D eigenvalue weighted by atomic mass is 35.5. The Labute approximate surface area is 148 Å². The van der Waals surface area contributed by atoms with E-state index in [1.54, 1.807) is 41.6 Å². The second-order valence-electron chi connectivity index (χ2n) is 5.53. The summed E-state index contributed by atoms with van der Waals surface area (Å²) in [4.78, 5) is 30.5. The van der Waals surface area contributed by atoms with Gasteiger partial charge in [0, 0.05) is 31.0 Å². The van der Waals surface area contributed by atoms with Crippen LogP contribution >= 0.6 is 22.9 Å². The van der Waals surface area contributed by atoms with Gasteiger partial charge < -0.3 is 15.3 Å².